The van der Waals surface area contributed by atoms with Crippen molar-refractivity contribution in [2.24, 2.45) is 10.2 Å². The molecular formula is C18H40N4Si4. The Kier molecular flexibility index (Phi) is 6.93. The van der Waals surface area contributed by atoms with Gasteiger partial charge < -0.3 is 8.68 Å². The first kappa shape index (κ1) is 23.3. The SMILES string of the molecule is C[Si](C)(C)N(N=C1C=CC=CC1=NN([Si](C)(C)C)[Si](C)(C)C)[Si](C)(C)C. The first-order chi connectivity index (χ1) is 11.4. The maximum Gasteiger partial charge on any atom is 0.158 e. The lowest BCUT2D eigenvalue weighted by Gasteiger charge is -2.43. The summed E-state index contributed by atoms with van der Waals surface area (Å²) in [6.45, 7) is 28.6. The molecule has 0 amide bonds. The molecule has 1 aliphatic carbocycles. The van der Waals surface area contributed by atoms with Gasteiger partial charge in [-0.25, -0.2) is 0 Å². The molecule has 4 nitrogen and oxygen atoms in total. The third-order valence-corrected chi connectivity index (χ3v) is 17.4. The van der Waals surface area contributed by atoms with Gasteiger partial charge in [-0.3, -0.25) is 0 Å². The van der Waals surface area contributed by atoms with Crippen molar-refractivity contribution in [2.75, 3.05) is 0 Å². The van der Waals surface area contributed by atoms with E-state index in [1.165, 1.54) is 0 Å². The third-order valence-electron chi connectivity index (χ3n) is 3.84. The number of nitrogens with zero attached hydrogens (tertiary/aromatic N) is 4. The van der Waals surface area contributed by atoms with Crippen molar-refractivity contribution >= 4 is 44.4 Å². The van der Waals surface area contributed by atoms with Gasteiger partial charge in [0.2, 0.25) is 0 Å². The fraction of sp³-hybridized carbons (Fsp3) is 0.667. The van der Waals surface area contributed by atoms with Crippen molar-refractivity contribution in [1.82, 2.24) is 8.68 Å². The van der Waals surface area contributed by atoms with Gasteiger partial charge in [0.15, 0.2) is 32.9 Å². The zero-order valence-electron chi connectivity index (χ0n) is 19.1. The van der Waals surface area contributed by atoms with Crippen LogP contribution in [0.4, 0.5) is 0 Å². The second-order valence-corrected chi connectivity index (χ2v) is 31.0. The largest absolute Gasteiger partial charge is 0.349 e. The van der Waals surface area contributed by atoms with Gasteiger partial charge in [-0.05, 0) is 12.2 Å². The molecule has 0 N–H and O–H groups in total. The van der Waals surface area contributed by atoms with Gasteiger partial charge in [-0.15, -0.1) is 0 Å². The van der Waals surface area contributed by atoms with Gasteiger partial charge in [0.05, 0.1) is 0 Å². The fourth-order valence-electron chi connectivity index (χ4n) is 3.46. The molecule has 0 atom stereocenters. The summed E-state index contributed by atoms with van der Waals surface area (Å²) in [5.41, 5.74) is 2.03. The normalized spacial score (nSPS) is 19.4. The van der Waals surface area contributed by atoms with E-state index in [9.17, 15) is 0 Å². The van der Waals surface area contributed by atoms with Crippen molar-refractivity contribution < 1.29 is 0 Å². The summed E-state index contributed by atoms with van der Waals surface area (Å²) in [6.07, 6.45) is 8.41. The fourth-order valence-corrected chi connectivity index (χ4v) is 21.2. The number of hydrazone groups is 2. The zero-order valence-corrected chi connectivity index (χ0v) is 23.1. The lowest BCUT2D eigenvalue weighted by Crippen LogP contribution is -2.57. The minimum absolute atomic E-state index is 1.01. The summed E-state index contributed by atoms with van der Waals surface area (Å²) in [4.78, 5) is 0. The summed E-state index contributed by atoms with van der Waals surface area (Å²) in [7, 11) is -6.20. The minimum atomic E-state index is -1.55. The van der Waals surface area contributed by atoms with E-state index in [1.807, 2.05) is 0 Å². The predicted octanol–water partition coefficient (Wildman–Crippen LogP) is 5.77. The lowest BCUT2D eigenvalue weighted by molar-refractivity contribution is 0.661. The molecule has 0 fully saturated rings. The lowest BCUT2D eigenvalue weighted by atomic mass is 10.1. The highest BCUT2D eigenvalue weighted by Crippen LogP contribution is 2.23. The molecule has 1 rings (SSSR count). The Morgan fingerprint density at radius 1 is 0.500 bits per heavy atom. The molecule has 0 aromatic heterocycles. The zero-order chi connectivity index (χ0) is 20.6. The Balaban J connectivity index is 3.47. The van der Waals surface area contributed by atoms with Gasteiger partial charge in [-0.2, -0.15) is 10.2 Å². The summed E-state index contributed by atoms with van der Waals surface area (Å²) in [5.74, 6) is 0. The van der Waals surface area contributed by atoms with Crippen LogP contribution in [0, 0.1) is 0 Å². The van der Waals surface area contributed by atoms with E-state index in [2.05, 4.69) is 112 Å². The second kappa shape index (κ2) is 7.73. The molecule has 26 heavy (non-hydrogen) atoms. The van der Waals surface area contributed by atoms with Crippen LogP contribution in [0.3, 0.4) is 0 Å². The highest BCUT2D eigenvalue weighted by Gasteiger charge is 2.36. The topological polar surface area (TPSA) is 31.2 Å². The van der Waals surface area contributed by atoms with Gasteiger partial charge >= 0.3 is 0 Å². The van der Waals surface area contributed by atoms with E-state index in [-0.39, 0.29) is 0 Å². The molecule has 0 bridgehead atoms. The molecule has 1 aliphatic rings. The molecule has 0 saturated heterocycles. The summed E-state index contributed by atoms with van der Waals surface area (Å²) < 4.78 is 4.95. The van der Waals surface area contributed by atoms with Crippen LogP contribution in [0.25, 0.3) is 0 Å². The Bertz CT molecular complexity index is 540. The Labute approximate surface area is 166 Å². The predicted molar refractivity (Wildman–Crippen MR) is 130 cm³/mol. The number of hydrogen-bond donors (Lipinski definition) is 0. The van der Waals surface area contributed by atoms with Crippen molar-refractivity contribution in [1.29, 1.82) is 0 Å². The van der Waals surface area contributed by atoms with Crippen molar-refractivity contribution in [3.05, 3.63) is 24.3 Å². The summed E-state index contributed by atoms with van der Waals surface area (Å²) in [5, 5.41) is 10.4. The molecule has 0 radical (unpaired) electrons. The van der Waals surface area contributed by atoms with E-state index in [1.54, 1.807) is 0 Å². The van der Waals surface area contributed by atoms with Crippen LogP contribution in [-0.4, -0.2) is 53.0 Å². The molecule has 0 aromatic carbocycles. The van der Waals surface area contributed by atoms with Crippen LogP contribution in [0.1, 0.15) is 0 Å². The van der Waals surface area contributed by atoms with Gasteiger partial charge in [-0.1, -0.05) is 90.7 Å². The van der Waals surface area contributed by atoms with E-state index >= 15 is 0 Å². The molecule has 0 aromatic rings. The van der Waals surface area contributed by atoms with Crippen molar-refractivity contribution in [2.45, 2.75) is 78.6 Å². The van der Waals surface area contributed by atoms with Crippen LogP contribution in [-0.2, 0) is 0 Å². The Morgan fingerprint density at radius 3 is 0.923 bits per heavy atom. The summed E-state index contributed by atoms with van der Waals surface area (Å²) in [6, 6.07) is 0. The average Bonchev–Trinajstić information content (AvgIpc) is 2.38. The molecule has 0 aliphatic heterocycles. The summed E-state index contributed by atoms with van der Waals surface area (Å²) >= 11 is 0. The molecule has 0 spiro atoms. The standard InChI is InChI=1S/C18H40N4Si4/c1-23(2,3)21(24(4,5)6)19-17-15-13-14-16-18(17)20-22(25(7,8)9)26(10,11)12/h13-16H,1-12H3. The average molecular weight is 425 g/mol. The van der Waals surface area contributed by atoms with Crippen LogP contribution < -0.4 is 0 Å². The highest BCUT2D eigenvalue weighted by atomic mass is 28.4. The van der Waals surface area contributed by atoms with E-state index < -0.39 is 32.9 Å². The van der Waals surface area contributed by atoms with E-state index in [4.69, 9.17) is 10.2 Å². The second-order valence-electron chi connectivity index (χ2n) is 11.0. The smallest absolute Gasteiger partial charge is 0.158 e. The maximum atomic E-state index is 5.19. The molecule has 148 valence electrons. The maximum absolute atomic E-state index is 5.19. The van der Waals surface area contributed by atoms with Crippen molar-refractivity contribution in [3.8, 4) is 0 Å². The number of allylic oxidation sites excluding steroid dienone is 4. The number of hydrogen-bond acceptors (Lipinski definition) is 4. The first-order valence-electron chi connectivity index (χ1n) is 9.57. The Hall–Kier alpha value is -0.712. The molecule has 0 unspecified atom stereocenters. The first-order valence-corrected chi connectivity index (χ1v) is 23.4. The van der Waals surface area contributed by atoms with Crippen molar-refractivity contribution in [3.63, 3.8) is 0 Å². The van der Waals surface area contributed by atoms with E-state index in [0.717, 1.165) is 11.4 Å². The van der Waals surface area contributed by atoms with Crippen LogP contribution in [0.2, 0.25) is 78.6 Å². The quantitative estimate of drug-likeness (QED) is 0.308. The van der Waals surface area contributed by atoms with Crippen LogP contribution in [0.5, 0.6) is 0 Å². The molecular weight excluding hydrogens is 385 g/mol. The van der Waals surface area contributed by atoms with Crippen LogP contribution >= 0.6 is 0 Å². The van der Waals surface area contributed by atoms with Gasteiger partial charge in [0.25, 0.3) is 0 Å². The number of rotatable bonds is 6. The highest BCUT2D eigenvalue weighted by molar-refractivity contribution is 6.90. The van der Waals surface area contributed by atoms with E-state index in [0.29, 0.717) is 0 Å². The Morgan fingerprint density at radius 2 is 0.731 bits per heavy atom. The van der Waals surface area contributed by atoms with Gasteiger partial charge in [0, 0.05) is 0 Å². The van der Waals surface area contributed by atoms with Crippen LogP contribution in [0.15, 0.2) is 34.5 Å². The molecule has 0 saturated carbocycles. The third kappa shape index (κ3) is 6.47. The monoisotopic (exact) mass is 424 g/mol. The molecule has 8 heteroatoms. The van der Waals surface area contributed by atoms with Gasteiger partial charge in [0.1, 0.15) is 11.4 Å². The minimum Gasteiger partial charge on any atom is -0.349 e. The molecule has 0 heterocycles.